The number of likely N-dealkylation sites (N-methyl/N-ethyl adjacent to an activating group) is 1. The number of fused-ring (bicyclic) bond motifs is 1. The molecule has 1 aromatic carbocycles. The molecule has 0 aromatic heterocycles. The van der Waals surface area contributed by atoms with Crippen molar-refractivity contribution in [3.8, 4) is 0 Å². The van der Waals surface area contributed by atoms with E-state index in [2.05, 4.69) is 43.6 Å². The van der Waals surface area contributed by atoms with Crippen molar-refractivity contribution in [2.75, 3.05) is 32.6 Å². The molecule has 2 unspecified atom stereocenters. The summed E-state index contributed by atoms with van der Waals surface area (Å²) in [4.78, 5) is 13.0. The number of benzene rings is 1. The van der Waals surface area contributed by atoms with Gasteiger partial charge in [-0.1, -0.05) is 25.1 Å². The van der Waals surface area contributed by atoms with Gasteiger partial charge in [-0.15, -0.1) is 0 Å². The zero-order chi connectivity index (χ0) is 17.9. The first-order valence-electron chi connectivity index (χ1n) is 10.3. The molecule has 3 spiro atoms. The number of rotatable bonds is 1. The summed E-state index contributed by atoms with van der Waals surface area (Å²) < 4.78 is 6.56. The van der Waals surface area contributed by atoms with Crippen LogP contribution in [-0.4, -0.2) is 49.3 Å². The monoisotopic (exact) mass is 353 g/mol. The number of quaternary nitrogens is 1. The Hall–Kier alpha value is -1.55. The van der Waals surface area contributed by atoms with Gasteiger partial charge in [0.15, 0.2) is 0 Å². The molecule has 1 N–H and O–H groups in total. The van der Waals surface area contributed by atoms with Crippen molar-refractivity contribution in [2.45, 2.75) is 49.6 Å². The van der Waals surface area contributed by atoms with Crippen LogP contribution < -0.4 is 5.32 Å². The average Bonchev–Trinajstić information content (AvgIpc) is 3.27. The Morgan fingerprint density at radius 1 is 1.27 bits per heavy atom. The van der Waals surface area contributed by atoms with E-state index >= 15 is 0 Å². The highest BCUT2D eigenvalue weighted by molar-refractivity contribution is 5.82. The van der Waals surface area contributed by atoms with Gasteiger partial charge in [-0.2, -0.15) is 0 Å². The number of nitrogens with zero attached hydrogens (tertiary/aromatic N) is 1. The van der Waals surface area contributed by atoms with Gasteiger partial charge < -0.3 is 14.5 Å². The van der Waals surface area contributed by atoms with Crippen LogP contribution in [0.25, 0.3) is 0 Å². The van der Waals surface area contributed by atoms with Crippen molar-refractivity contribution >= 4 is 11.7 Å². The summed E-state index contributed by atoms with van der Waals surface area (Å²) in [6.07, 6.45) is 4.76. The van der Waals surface area contributed by atoms with Crippen LogP contribution in [-0.2, 0) is 14.9 Å². The first kappa shape index (κ1) is 15.5. The highest BCUT2D eigenvalue weighted by Crippen LogP contribution is 2.80. The molecule has 4 nitrogen and oxygen atoms in total. The van der Waals surface area contributed by atoms with Gasteiger partial charge in [0, 0.05) is 17.5 Å². The number of piperidine rings is 1. The van der Waals surface area contributed by atoms with Crippen molar-refractivity contribution in [1.82, 2.24) is 0 Å². The maximum Gasteiger partial charge on any atom is 0.311 e. The fourth-order valence-corrected chi connectivity index (χ4v) is 9.19. The molecule has 2 bridgehead atoms. The SMILES string of the molecule is COC(=O)C1C[C@@]23CCC[N+]4(C)CC[C@@]5(c6ccccc6N[C@]15[C@@H]2C)[C@H]34. The van der Waals surface area contributed by atoms with Gasteiger partial charge in [-0.3, -0.25) is 4.79 Å². The Morgan fingerprint density at radius 3 is 2.88 bits per heavy atom. The second-order valence-electron chi connectivity index (χ2n) is 9.93. The molecule has 3 aliphatic heterocycles. The van der Waals surface area contributed by atoms with Crippen LogP contribution in [0.3, 0.4) is 0 Å². The van der Waals surface area contributed by atoms with E-state index in [4.69, 9.17) is 4.74 Å². The lowest BCUT2D eigenvalue weighted by molar-refractivity contribution is -0.936. The molecule has 5 aliphatic rings. The zero-order valence-electron chi connectivity index (χ0n) is 16.0. The summed E-state index contributed by atoms with van der Waals surface area (Å²) >= 11 is 0. The van der Waals surface area contributed by atoms with Crippen LogP contribution in [0, 0.1) is 17.3 Å². The molecule has 3 heterocycles. The van der Waals surface area contributed by atoms with E-state index in [9.17, 15) is 4.79 Å². The Bertz CT molecular complexity index is 839. The molecule has 2 saturated heterocycles. The van der Waals surface area contributed by atoms with Crippen LogP contribution in [0.5, 0.6) is 0 Å². The number of methoxy groups -OCH3 is 1. The fraction of sp³-hybridized carbons (Fsp3) is 0.682. The van der Waals surface area contributed by atoms with Gasteiger partial charge in [0.2, 0.25) is 0 Å². The normalized spacial score (nSPS) is 52.2. The maximum atomic E-state index is 13.0. The number of hydrogen-bond acceptors (Lipinski definition) is 3. The zero-order valence-corrected chi connectivity index (χ0v) is 16.0. The van der Waals surface area contributed by atoms with Crippen molar-refractivity contribution in [3.05, 3.63) is 29.8 Å². The van der Waals surface area contributed by atoms with E-state index in [1.165, 1.54) is 48.1 Å². The molecular weight excluding hydrogens is 324 g/mol. The summed E-state index contributed by atoms with van der Waals surface area (Å²) in [5.74, 6) is 0.462. The lowest BCUT2D eigenvalue weighted by atomic mass is 9.56. The van der Waals surface area contributed by atoms with Crippen molar-refractivity contribution in [1.29, 1.82) is 0 Å². The minimum Gasteiger partial charge on any atom is -0.469 e. The summed E-state index contributed by atoms with van der Waals surface area (Å²) in [7, 11) is 4.06. The second-order valence-corrected chi connectivity index (χ2v) is 9.93. The summed E-state index contributed by atoms with van der Waals surface area (Å²) in [5, 5.41) is 3.99. The van der Waals surface area contributed by atoms with E-state index in [-0.39, 0.29) is 28.3 Å². The number of hydrogen-bond donors (Lipinski definition) is 1. The quantitative estimate of drug-likeness (QED) is 0.623. The molecule has 0 radical (unpaired) electrons. The minimum atomic E-state index is -0.172. The van der Waals surface area contributed by atoms with Crippen molar-refractivity contribution in [2.24, 2.45) is 17.3 Å². The van der Waals surface area contributed by atoms with E-state index in [1.54, 1.807) is 7.11 Å². The molecule has 4 fully saturated rings. The molecule has 4 heteroatoms. The fourth-order valence-electron chi connectivity index (χ4n) is 9.19. The Labute approximate surface area is 155 Å². The van der Waals surface area contributed by atoms with Crippen LogP contribution in [0.4, 0.5) is 5.69 Å². The van der Waals surface area contributed by atoms with E-state index in [1.807, 2.05) is 0 Å². The first-order valence-corrected chi connectivity index (χ1v) is 10.3. The molecule has 138 valence electrons. The van der Waals surface area contributed by atoms with Gasteiger partial charge in [-0.25, -0.2) is 0 Å². The predicted molar refractivity (Wildman–Crippen MR) is 99.8 cm³/mol. The highest BCUT2D eigenvalue weighted by atomic mass is 16.5. The smallest absolute Gasteiger partial charge is 0.311 e. The van der Waals surface area contributed by atoms with Gasteiger partial charge in [0.05, 0.1) is 44.1 Å². The Kier molecular flexibility index (Phi) is 2.56. The van der Waals surface area contributed by atoms with Crippen LogP contribution in [0.1, 0.15) is 38.2 Å². The molecule has 1 aromatic rings. The lowest BCUT2D eigenvalue weighted by Crippen LogP contribution is -2.67. The number of esters is 1. The number of nitrogens with one attached hydrogen (secondary N) is 1. The number of carbonyl (C=O) groups is 1. The van der Waals surface area contributed by atoms with Gasteiger partial charge in [-0.05, 0) is 36.8 Å². The summed E-state index contributed by atoms with van der Waals surface area (Å²) in [6, 6.07) is 9.52. The maximum absolute atomic E-state index is 13.0. The van der Waals surface area contributed by atoms with Crippen LogP contribution in [0.15, 0.2) is 24.3 Å². The average molecular weight is 353 g/mol. The second kappa shape index (κ2) is 4.30. The third-order valence-corrected chi connectivity index (χ3v) is 9.62. The number of anilines is 1. The highest BCUT2D eigenvalue weighted by Gasteiger charge is 2.89. The largest absolute Gasteiger partial charge is 0.469 e. The molecule has 6 rings (SSSR count). The molecule has 7 atom stereocenters. The van der Waals surface area contributed by atoms with Gasteiger partial charge in [0.25, 0.3) is 0 Å². The Balaban J connectivity index is 1.69. The Morgan fingerprint density at radius 2 is 2.08 bits per heavy atom. The van der Waals surface area contributed by atoms with Gasteiger partial charge in [0.1, 0.15) is 6.04 Å². The van der Waals surface area contributed by atoms with E-state index in [0.717, 1.165) is 6.42 Å². The van der Waals surface area contributed by atoms with Crippen LogP contribution in [0.2, 0.25) is 0 Å². The number of para-hydroxylation sites is 1. The van der Waals surface area contributed by atoms with Crippen molar-refractivity contribution in [3.63, 3.8) is 0 Å². The van der Waals surface area contributed by atoms with Gasteiger partial charge >= 0.3 is 5.97 Å². The van der Waals surface area contributed by atoms with Crippen molar-refractivity contribution < 1.29 is 14.0 Å². The topological polar surface area (TPSA) is 38.3 Å². The summed E-state index contributed by atoms with van der Waals surface area (Å²) in [6.45, 7) is 4.98. The third kappa shape index (κ3) is 1.24. The molecule has 2 aliphatic carbocycles. The third-order valence-electron chi connectivity index (χ3n) is 9.62. The lowest BCUT2D eigenvalue weighted by Gasteiger charge is -2.54. The summed E-state index contributed by atoms with van der Waals surface area (Å²) in [5.41, 5.74) is 2.92. The first-order chi connectivity index (χ1) is 12.5. The molecular formula is C22H29N2O2+. The van der Waals surface area contributed by atoms with Crippen LogP contribution >= 0.6 is 0 Å². The minimum absolute atomic E-state index is 0.00136. The predicted octanol–water partition coefficient (Wildman–Crippen LogP) is 2.93. The molecule has 2 saturated carbocycles. The molecule has 26 heavy (non-hydrogen) atoms. The van der Waals surface area contributed by atoms with E-state index < -0.39 is 0 Å². The number of carbonyl (C=O) groups excluding carboxylic acids is 1. The number of ether oxygens (including phenoxy) is 1. The van der Waals surface area contributed by atoms with E-state index in [0.29, 0.717) is 12.0 Å². The molecule has 0 amide bonds. The standard InChI is InChI=1S/C22H29N2O2/c1-14-20-9-6-11-24(2)12-10-21(19(20)24)15-7-4-5-8-17(15)23-22(14,21)16(13-20)18(25)26-3/h4-5,7-8,14,16,19,23H,6,9-13H2,1-3H3/q+1/t14-,16?,19+,20+,21-,22-,24?/m1/s1.